The fraction of sp³-hybridized carbons (Fsp3) is 0.0909. The van der Waals surface area contributed by atoms with Crippen LogP contribution in [0.3, 0.4) is 0 Å². The molecule has 3 aromatic rings. The number of sulfonamides is 1. The van der Waals surface area contributed by atoms with Crippen molar-refractivity contribution >= 4 is 21.9 Å². The van der Waals surface area contributed by atoms with Gasteiger partial charge >= 0.3 is 5.97 Å². The van der Waals surface area contributed by atoms with Crippen LogP contribution in [-0.2, 0) is 16.6 Å². The monoisotopic (exact) mass is 440 g/mol. The van der Waals surface area contributed by atoms with Crippen LogP contribution in [0.5, 0.6) is 5.75 Å². The number of carboxylic acid groups (broad SMARTS) is 1. The zero-order valence-electron chi connectivity index (χ0n) is 16.5. The molecule has 3 aromatic carbocycles. The lowest BCUT2D eigenvalue weighted by Gasteiger charge is -2.10. The molecular formula is C22H20N2O6S. The summed E-state index contributed by atoms with van der Waals surface area (Å²) in [5.41, 5.74) is 3.53. The zero-order chi connectivity index (χ0) is 22.4. The number of aryl methyl sites for hydroxylation is 1. The Kier molecular flexibility index (Phi) is 6.68. The summed E-state index contributed by atoms with van der Waals surface area (Å²) in [5.74, 6) is -1.07. The number of para-hydroxylation sites is 1. The number of nitrogens with one attached hydrogen (secondary N) is 2. The molecule has 31 heavy (non-hydrogen) atoms. The van der Waals surface area contributed by atoms with Gasteiger partial charge in [0.1, 0.15) is 12.4 Å². The molecule has 3 rings (SSSR count). The van der Waals surface area contributed by atoms with Gasteiger partial charge in [0.25, 0.3) is 15.9 Å². The van der Waals surface area contributed by atoms with Crippen LogP contribution in [0.4, 0.5) is 0 Å². The molecule has 0 spiro atoms. The van der Waals surface area contributed by atoms with E-state index in [0.29, 0.717) is 6.61 Å². The SMILES string of the molecule is Cc1cc(S(=O)(=O)NNC(=O)c2ccc(COc3ccccc3)cc2)ccc1C(=O)O. The van der Waals surface area contributed by atoms with Crippen LogP contribution >= 0.6 is 0 Å². The van der Waals surface area contributed by atoms with Crippen molar-refractivity contribution in [3.05, 3.63) is 95.1 Å². The van der Waals surface area contributed by atoms with Crippen LogP contribution in [0.25, 0.3) is 0 Å². The molecule has 3 N–H and O–H groups in total. The second kappa shape index (κ2) is 9.41. The molecule has 0 bridgehead atoms. The Bertz CT molecular complexity index is 1190. The van der Waals surface area contributed by atoms with Gasteiger partial charge in [-0.1, -0.05) is 30.3 Å². The fourth-order valence-electron chi connectivity index (χ4n) is 2.72. The van der Waals surface area contributed by atoms with Gasteiger partial charge in [-0.05, 0) is 60.5 Å². The Morgan fingerprint density at radius 1 is 0.968 bits per heavy atom. The molecule has 0 aliphatic carbocycles. The second-order valence-electron chi connectivity index (χ2n) is 6.64. The Balaban J connectivity index is 1.59. The molecule has 0 aromatic heterocycles. The van der Waals surface area contributed by atoms with Crippen molar-refractivity contribution in [2.45, 2.75) is 18.4 Å². The van der Waals surface area contributed by atoms with Gasteiger partial charge in [-0.3, -0.25) is 10.2 Å². The molecule has 0 aliphatic heterocycles. The van der Waals surface area contributed by atoms with Crippen molar-refractivity contribution in [3.63, 3.8) is 0 Å². The molecule has 8 nitrogen and oxygen atoms in total. The van der Waals surface area contributed by atoms with Gasteiger partial charge in [0.15, 0.2) is 0 Å². The van der Waals surface area contributed by atoms with E-state index in [1.165, 1.54) is 19.1 Å². The first-order chi connectivity index (χ1) is 14.8. The molecule has 0 saturated heterocycles. The smallest absolute Gasteiger partial charge is 0.335 e. The maximum Gasteiger partial charge on any atom is 0.335 e. The summed E-state index contributed by atoms with van der Waals surface area (Å²) in [5, 5.41) is 9.04. The van der Waals surface area contributed by atoms with Crippen molar-refractivity contribution < 1.29 is 27.9 Å². The highest BCUT2D eigenvalue weighted by molar-refractivity contribution is 7.89. The number of benzene rings is 3. The molecular weight excluding hydrogens is 420 g/mol. The third-order valence-electron chi connectivity index (χ3n) is 4.40. The lowest BCUT2D eigenvalue weighted by atomic mass is 10.1. The summed E-state index contributed by atoms with van der Waals surface area (Å²) in [7, 11) is -4.07. The number of hydrogen-bond acceptors (Lipinski definition) is 5. The third kappa shape index (κ3) is 5.68. The Hall–Kier alpha value is -3.69. The first-order valence-corrected chi connectivity index (χ1v) is 10.7. The van der Waals surface area contributed by atoms with E-state index in [0.717, 1.165) is 17.4 Å². The average molecular weight is 440 g/mol. The summed E-state index contributed by atoms with van der Waals surface area (Å²) in [6.07, 6.45) is 0. The molecule has 0 radical (unpaired) electrons. The van der Waals surface area contributed by atoms with Crippen LogP contribution < -0.4 is 15.0 Å². The summed E-state index contributed by atoms with van der Waals surface area (Å²) >= 11 is 0. The van der Waals surface area contributed by atoms with Gasteiger partial charge < -0.3 is 9.84 Å². The Labute approximate surface area is 179 Å². The van der Waals surface area contributed by atoms with Crippen LogP contribution in [0.15, 0.2) is 77.7 Å². The molecule has 0 heterocycles. The number of ether oxygens (including phenoxy) is 1. The lowest BCUT2D eigenvalue weighted by molar-refractivity contribution is 0.0695. The average Bonchev–Trinajstić information content (AvgIpc) is 2.77. The first kappa shape index (κ1) is 22.0. The maximum absolute atomic E-state index is 12.4. The molecule has 0 atom stereocenters. The predicted molar refractivity (Wildman–Crippen MR) is 113 cm³/mol. The van der Waals surface area contributed by atoms with Gasteiger partial charge in [-0.2, -0.15) is 0 Å². The molecule has 0 aliphatic rings. The lowest BCUT2D eigenvalue weighted by Crippen LogP contribution is -2.41. The van der Waals surface area contributed by atoms with E-state index in [4.69, 9.17) is 9.84 Å². The number of aromatic carboxylic acids is 1. The largest absolute Gasteiger partial charge is 0.489 e. The molecule has 9 heteroatoms. The Morgan fingerprint density at radius 3 is 2.26 bits per heavy atom. The maximum atomic E-state index is 12.4. The number of amides is 1. The number of carbonyl (C=O) groups excluding carboxylic acids is 1. The standard InChI is InChI=1S/C22H20N2O6S/c1-15-13-19(11-12-20(15)22(26)27)31(28,29)24-23-21(25)17-9-7-16(8-10-17)14-30-18-5-3-2-4-6-18/h2-13,24H,14H2,1H3,(H,23,25)(H,26,27). The van der Waals surface area contributed by atoms with Crippen LogP contribution in [0, 0.1) is 6.92 Å². The third-order valence-corrected chi connectivity index (χ3v) is 5.65. The summed E-state index contributed by atoms with van der Waals surface area (Å²) in [6.45, 7) is 1.81. The van der Waals surface area contributed by atoms with Gasteiger partial charge in [-0.15, -0.1) is 4.83 Å². The molecule has 1 amide bonds. The number of carbonyl (C=O) groups is 2. The number of hydrogen-bond donors (Lipinski definition) is 3. The summed E-state index contributed by atoms with van der Waals surface area (Å²) in [4.78, 5) is 25.2. The highest BCUT2D eigenvalue weighted by Gasteiger charge is 2.18. The quantitative estimate of drug-likeness (QED) is 0.463. The number of hydrazine groups is 1. The Morgan fingerprint density at radius 2 is 1.65 bits per heavy atom. The van der Waals surface area contributed by atoms with Gasteiger partial charge in [-0.25, -0.2) is 13.2 Å². The van der Waals surface area contributed by atoms with Crippen molar-refractivity contribution in [1.29, 1.82) is 0 Å². The van der Waals surface area contributed by atoms with Crippen molar-refractivity contribution in [2.24, 2.45) is 0 Å². The minimum atomic E-state index is -4.07. The summed E-state index contributed by atoms with van der Waals surface area (Å²) < 4.78 is 30.4. The minimum Gasteiger partial charge on any atom is -0.489 e. The van der Waals surface area contributed by atoms with E-state index in [9.17, 15) is 18.0 Å². The fourth-order valence-corrected chi connectivity index (χ4v) is 3.65. The topological polar surface area (TPSA) is 122 Å². The second-order valence-corrected chi connectivity index (χ2v) is 8.32. The van der Waals surface area contributed by atoms with Gasteiger partial charge in [0.05, 0.1) is 10.5 Å². The van der Waals surface area contributed by atoms with E-state index < -0.39 is 21.9 Å². The number of carboxylic acids is 1. The van der Waals surface area contributed by atoms with Crippen molar-refractivity contribution in [3.8, 4) is 5.75 Å². The van der Waals surface area contributed by atoms with E-state index in [1.54, 1.807) is 24.3 Å². The molecule has 0 saturated carbocycles. The normalized spacial score (nSPS) is 11.0. The van der Waals surface area contributed by atoms with Crippen LogP contribution in [-0.4, -0.2) is 25.4 Å². The van der Waals surface area contributed by atoms with Crippen molar-refractivity contribution in [2.75, 3.05) is 0 Å². The van der Waals surface area contributed by atoms with E-state index >= 15 is 0 Å². The van der Waals surface area contributed by atoms with Crippen LogP contribution in [0.2, 0.25) is 0 Å². The molecule has 160 valence electrons. The summed E-state index contributed by atoms with van der Waals surface area (Å²) in [6, 6.07) is 19.4. The van der Waals surface area contributed by atoms with E-state index in [2.05, 4.69) is 5.43 Å². The predicted octanol–water partition coefficient (Wildman–Crippen LogP) is 2.90. The zero-order valence-corrected chi connectivity index (χ0v) is 17.3. The van der Waals surface area contributed by atoms with Crippen LogP contribution in [0.1, 0.15) is 31.8 Å². The van der Waals surface area contributed by atoms with Crippen molar-refractivity contribution in [1.82, 2.24) is 10.3 Å². The highest BCUT2D eigenvalue weighted by atomic mass is 32.2. The molecule has 0 unspecified atom stereocenters. The first-order valence-electron chi connectivity index (χ1n) is 9.19. The molecule has 0 fully saturated rings. The number of rotatable bonds is 8. The van der Waals surface area contributed by atoms with E-state index in [1.807, 2.05) is 35.2 Å². The van der Waals surface area contributed by atoms with E-state index in [-0.39, 0.29) is 21.6 Å². The van der Waals surface area contributed by atoms with Gasteiger partial charge in [0.2, 0.25) is 0 Å². The minimum absolute atomic E-state index is 0.000630. The van der Waals surface area contributed by atoms with Gasteiger partial charge in [0, 0.05) is 5.56 Å². The highest BCUT2D eigenvalue weighted by Crippen LogP contribution is 2.16.